The molecule has 5 rings (SSSR count). The van der Waals surface area contributed by atoms with Crippen molar-refractivity contribution in [2.45, 2.75) is 83.8 Å². The van der Waals surface area contributed by atoms with Crippen molar-refractivity contribution >= 4 is 40.0 Å². The summed E-state index contributed by atoms with van der Waals surface area (Å²) in [6.07, 6.45) is 6.18. The van der Waals surface area contributed by atoms with Crippen LogP contribution in [0.25, 0.3) is 0 Å². The molecule has 4 aliphatic rings. The highest BCUT2D eigenvalue weighted by atomic mass is 32.1. The van der Waals surface area contributed by atoms with Gasteiger partial charge in [-0.1, -0.05) is 0 Å². The Hall–Kier alpha value is -2.46. The highest BCUT2D eigenvalue weighted by Crippen LogP contribution is 2.47. The van der Waals surface area contributed by atoms with Gasteiger partial charge in [0.1, 0.15) is 10.6 Å². The van der Waals surface area contributed by atoms with Gasteiger partial charge in [0.05, 0.1) is 15.9 Å². The van der Waals surface area contributed by atoms with Gasteiger partial charge < -0.3 is 15.0 Å². The monoisotopic (exact) mass is 530 g/mol. The van der Waals surface area contributed by atoms with E-state index in [1.165, 1.54) is 11.3 Å². The summed E-state index contributed by atoms with van der Waals surface area (Å²) in [5.74, 6) is -0.108. The van der Waals surface area contributed by atoms with Crippen LogP contribution >= 0.6 is 11.3 Å². The molecule has 4 heterocycles. The number of hydrogen-bond donors (Lipinski definition) is 2. The van der Waals surface area contributed by atoms with E-state index in [-0.39, 0.29) is 23.7 Å². The molecule has 1 unspecified atom stereocenters. The molecule has 3 fully saturated rings. The van der Waals surface area contributed by atoms with Gasteiger partial charge in [0, 0.05) is 45.1 Å². The third-order valence-electron chi connectivity index (χ3n) is 8.31. The molecule has 3 aliphatic heterocycles. The molecule has 0 radical (unpaired) electrons. The van der Waals surface area contributed by atoms with Crippen molar-refractivity contribution in [3.8, 4) is 0 Å². The average molecular weight is 531 g/mol. The van der Waals surface area contributed by atoms with Gasteiger partial charge in [-0.25, -0.2) is 4.79 Å². The Bertz CT molecular complexity index is 1110. The van der Waals surface area contributed by atoms with E-state index in [1.807, 2.05) is 25.7 Å². The Morgan fingerprint density at radius 3 is 2.54 bits per heavy atom. The second kappa shape index (κ2) is 10.0. The molecule has 1 atom stereocenters. The number of piperidine rings is 2. The maximum atomic E-state index is 13.8. The average Bonchev–Trinajstić information content (AvgIpc) is 3.32. The summed E-state index contributed by atoms with van der Waals surface area (Å²) in [7, 11) is 0. The Balaban J connectivity index is 1.28. The Labute approximate surface area is 222 Å². The van der Waals surface area contributed by atoms with Crippen LogP contribution in [0.2, 0.25) is 0 Å². The minimum absolute atomic E-state index is 0.0515. The Morgan fingerprint density at radius 1 is 1.11 bits per heavy atom. The van der Waals surface area contributed by atoms with Gasteiger partial charge in [-0.3, -0.25) is 24.6 Å². The molecule has 9 nitrogen and oxygen atoms in total. The van der Waals surface area contributed by atoms with Crippen molar-refractivity contribution in [3.63, 3.8) is 0 Å². The smallest absolute Gasteiger partial charge is 0.319 e. The molecule has 3 amide bonds. The standard InChI is InChI=1S/C27H38N4O5S/c1-4-28-25(35)29-22-20(18-7-5-8-19(32)21(18)37-22)23(33)30-13-9-17(10-14-30)31-12-6-11-27(16-31)15-26(2,3)36-24(27)34/h17H,4-16H2,1-3H3,(H2,28,29,35). The summed E-state index contributed by atoms with van der Waals surface area (Å²) in [5, 5.41) is 6.01. The van der Waals surface area contributed by atoms with E-state index < -0.39 is 11.0 Å². The molecular formula is C27H38N4O5S. The normalized spacial score (nSPS) is 26.2. The predicted octanol–water partition coefficient (Wildman–Crippen LogP) is 3.82. The van der Waals surface area contributed by atoms with Crippen LogP contribution in [0.1, 0.15) is 91.3 Å². The molecular weight excluding hydrogens is 492 g/mol. The zero-order valence-corrected chi connectivity index (χ0v) is 22.9. The van der Waals surface area contributed by atoms with Gasteiger partial charge in [0.25, 0.3) is 5.91 Å². The van der Waals surface area contributed by atoms with Crippen LogP contribution in [0.4, 0.5) is 9.80 Å². The number of Topliss-reactive ketones (excluding diaryl/α,β-unsaturated/α-hetero) is 1. The molecule has 202 valence electrons. The zero-order valence-electron chi connectivity index (χ0n) is 22.1. The molecule has 37 heavy (non-hydrogen) atoms. The van der Waals surface area contributed by atoms with E-state index in [4.69, 9.17) is 4.74 Å². The number of likely N-dealkylation sites (tertiary alicyclic amines) is 2. The number of ether oxygens (including phenoxy) is 1. The van der Waals surface area contributed by atoms with E-state index in [2.05, 4.69) is 15.5 Å². The lowest BCUT2D eigenvalue weighted by Crippen LogP contribution is -2.53. The summed E-state index contributed by atoms with van der Waals surface area (Å²) >= 11 is 1.23. The number of carbonyl (C=O) groups is 4. The van der Waals surface area contributed by atoms with Gasteiger partial charge in [0.15, 0.2) is 5.78 Å². The van der Waals surface area contributed by atoms with Gasteiger partial charge >= 0.3 is 12.0 Å². The summed E-state index contributed by atoms with van der Waals surface area (Å²) in [6.45, 7) is 9.22. The number of thiophene rings is 1. The fourth-order valence-corrected chi connectivity index (χ4v) is 7.96. The molecule has 3 saturated heterocycles. The van der Waals surface area contributed by atoms with Crippen molar-refractivity contribution < 1.29 is 23.9 Å². The maximum absolute atomic E-state index is 13.8. The number of urea groups is 1. The van der Waals surface area contributed by atoms with E-state index >= 15 is 0 Å². The first-order valence-electron chi connectivity index (χ1n) is 13.6. The SMILES string of the molecule is CCNC(=O)Nc1sc2c(c1C(=O)N1CCC(N3CCCC4(C3)CC(C)(C)OC4=O)CC1)CCCC2=O. The molecule has 1 aromatic rings. The number of anilines is 1. The van der Waals surface area contributed by atoms with Crippen LogP contribution in [-0.2, 0) is 16.0 Å². The highest BCUT2D eigenvalue weighted by molar-refractivity contribution is 7.18. The van der Waals surface area contributed by atoms with Crippen molar-refractivity contribution in [3.05, 3.63) is 16.0 Å². The highest BCUT2D eigenvalue weighted by Gasteiger charge is 2.54. The number of amides is 3. The molecule has 0 aromatic carbocycles. The number of carbonyl (C=O) groups excluding carboxylic acids is 4. The first-order valence-corrected chi connectivity index (χ1v) is 14.4. The third-order valence-corrected chi connectivity index (χ3v) is 9.50. The first kappa shape index (κ1) is 26.2. The maximum Gasteiger partial charge on any atom is 0.319 e. The summed E-state index contributed by atoms with van der Waals surface area (Å²) in [4.78, 5) is 56.4. The van der Waals surface area contributed by atoms with Gasteiger partial charge in [-0.2, -0.15) is 0 Å². The molecule has 1 aliphatic carbocycles. The second-order valence-corrected chi connectivity index (χ2v) is 12.6. The quantitative estimate of drug-likeness (QED) is 0.573. The summed E-state index contributed by atoms with van der Waals surface area (Å²) in [6, 6.07) is -0.0439. The van der Waals surface area contributed by atoms with Crippen molar-refractivity contribution in [2.24, 2.45) is 5.41 Å². The zero-order chi connectivity index (χ0) is 26.4. The number of fused-ring (bicyclic) bond motifs is 1. The Kier molecular flexibility index (Phi) is 7.08. The van der Waals surface area contributed by atoms with Crippen LogP contribution in [0, 0.1) is 5.41 Å². The van der Waals surface area contributed by atoms with Gasteiger partial charge in [0.2, 0.25) is 0 Å². The fraction of sp³-hybridized carbons (Fsp3) is 0.704. The van der Waals surface area contributed by atoms with E-state index in [9.17, 15) is 19.2 Å². The van der Waals surface area contributed by atoms with Crippen LogP contribution in [0.3, 0.4) is 0 Å². The molecule has 0 saturated carbocycles. The number of esters is 1. The molecule has 10 heteroatoms. The van der Waals surface area contributed by atoms with Crippen LogP contribution in [-0.4, -0.2) is 77.9 Å². The number of cyclic esters (lactones) is 1. The lowest BCUT2D eigenvalue weighted by molar-refractivity contribution is -0.154. The molecule has 0 bridgehead atoms. The molecule has 1 aromatic heterocycles. The number of rotatable bonds is 4. The number of ketones is 1. The number of hydrogen-bond acceptors (Lipinski definition) is 7. The lowest BCUT2D eigenvalue weighted by atomic mass is 9.74. The largest absolute Gasteiger partial charge is 0.459 e. The van der Waals surface area contributed by atoms with Crippen molar-refractivity contribution in [2.75, 3.05) is 38.0 Å². The predicted molar refractivity (Wildman–Crippen MR) is 141 cm³/mol. The van der Waals surface area contributed by atoms with Crippen molar-refractivity contribution in [1.29, 1.82) is 0 Å². The second-order valence-electron chi connectivity index (χ2n) is 11.6. The van der Waals surface area contributed by atoms with Crippen LogP contribution in [0.5, 0.6) is 0 Å². The summed E-state index contributed by atoms with van der Waals surface area (Å²) < 4.78 is 5.70. The van der Waals surface area contributed by atoms with Crippen LogP contribution in [0.15, 0.2) is 0 Å². The lowest BCUT2D eigenvalue weighted by Gasteiger charge is -2.45. The van der Waals surface area contributed by atoms with E-state index in [1.54, 1.807) is 0 Å². The van der Waals surface area contributed by atoms with Crippen LogP contribution < -0.4 is 10.6 Å². The minimum atomic E-state index is -0.406. The van der Waals surface area contributed by atoms with Gasteiger partial charge in [-0.05, 0) is 71.4 Å². The number of nitrogens with one attached hydrogen (secondary N) is 2. The van der Waals surface area contributed by atoms with Gasteiger partial charge in [-0.15, -0.1) is 11.3 Å². The fourth-order valence-electron chi connectivity index (χ4n) is 6.75. The van der Waals surface area contributed by atoms with Crippen molar-refractivity contribution in [1.82, 2.24) is 15.1 Å². The van der Waals surface area contributed by atoms with E-state index in [0.717, 1.165) is 57.2 Å². The minimum Gasteiger partial charge on any atom is -0.459 e. The Morgan fingerprint density at radius 2 is 1.86 bits per heavy atom. The topological polar surface area (TPSA) is 108 Å². The van der Waals surface area contributed by atoms with E-state index in [0.29, 0.717) is 54.0 Å². The first-order chi connectivity index (χ1) is 17.6. The molecule has 2 N–H and O–H groups in total. The third kappa shape index (κ3) is 5.02. The molecule has 1 spiro atoms. The number of nitrogens with zero attached hydrogens (tertiary/aromatic N) is 2. The summed E-state index contributed by atoms with van der Waals surface area (Å²) in [5.41, 5.74) is 0.471.